The van der Waals surface area contributed by atoms with Crippen LogP contribution >= 0.6 is 28.4 Å². The van der Waals surface area contributed by atoms with Gasteiger partial charge < -0.3 is 39.1 Å². The summed E-state index contributed by atoms with van der Waals surface area (Å²) in [6.45, 7) is 0.582. The number of imidazole rings is 1. The van der Waals surface area contributed by atoms with Gasteiger partial charge in [-0.2, -0.15) is 9.97 Å². The van der Waals surface area contributed by atoms with Crippen molar-refractivity contribution in [1.29, 1.82) is 0 Å². The lowest BCUT2D eigenvalue weighted by molar-refractivity contribution is -0.0471. The monoisotopic (exact) mass is 625 g/mol. The van der Waals surface area contributed by atoms with Crippen molar-refractivity contribution in [2.75, 3.05) is 24.0 Å². The van der Waals surface area contributed by atoms with E-state index in [-0.39, 0.29) is 29.3 Å². The van der Waals surface area contributed by atoms with Gasteiger partial charge in [-0.05, 0) is 41.8 Å². The number of aromatic nitrogens is 4. The lowest BCUT2D eigenvalue weighted by Crippen LogP contribution is -2.33. The first-order valence-electron chi connectivity index (χ1n) is 13.7. The highest BCUT2D eigenvalue weighted by atomic mass is 35.5. The van der Waals surface area contributed by atoms with Gasteiger partial charge >= 0.3 is 0 Å². The zero-order valence-electron chi connectivity index (χ0n) is 22.3. The molecule has 3 aromatic rings. The summed E-state index contributed by atoms with van der Waals surface area (Å²) in [7, 11) is -4.43. The van der Waals surface area contributed by atoms with E-state index < -0.39 is 41.3 Å². The van der Waals surface area contributed by atoms with Gasteiger partial charge in [0.1, 0.15) is 18.3 Å². The zero-order valence-corrected chi connectivity index (χ0v) is 24.8. The van der Waals surface area contributed by atoms with Crippen molar-refractivity contribution >= 4 is 45.3 Å². The van der Waals surface area contributed by atoms with Gasteiger partial charge in [0.25, 0.3) is 0 Å². The minimum absolute atomic E-state index is 0.0361. The normalized spacial score (nSPS) is 28.8. The molecule has 4 heterocycles. The van der Waals surface area contributed by atoms with E-state index in [0.717, 1.165) is 13.0 Å². The molecule has 222 valence electrons. The predicted octanol–water partition coefficient (Wildman–Crippen LogP) is 3.58. The molecule has 1 spiro atoms. The van der Waals surface area contributed by atoms with Crippen molar-refractivity contribution in [3.05, 3.63) is 47.5 Å². The van der Waals surface area contributed by atoms with Crippen LogP contribution in [0.25, 0.3) is 11.2 Å². The molecule has 6 rings (SSSR count). The van der Waals surface area contributed by atoms with Gasteiger partial charge in [-0.15, -0.1) is 0 Å². The first-order chi connectivity index (χ1) is 19.7. The molecular weight excluding hydrogens is 592 g/mol. The number of hydrogen-bond donors (Lipinski definition) is 5. The molecule has 1 saturated carbocycles. The zero-order chi connectivity index (χ0) is 28.7. The summed E-state index contributed by atoms with van der Waals surface area (Å²) in [6, 6.07) is 10.5. The Balaban J connectivity index is 1.31. The fourth-order valence-electron chi connectivity index (χ4n) is 6.58. The first-order valence-corrected chi connectivity index (χ1v) is 16.9. The number of anilines is 1. The summed E-state index contributed by atoms with van der Waals surface area (Å²) in [6.07, 6.45) is 3.85. The predicted molar refractivity (Wildman–Crippen MR) is 154 cm³/mol. The van der Waals surface area contributed by atoms with Crippen LogP contribution in [0.4, 0.5) is 5.82 Å². The maximum absolute atomic E-state index is 10.9. The Bertz CT molecular complexity index is 1350. The summed E-state index contributed by atoms with van der Waals surface area (Å²) in [5.74, 6) is 0.323. The van der Waals surface area contributed by atoms with Gasteiger partial charge in [-0.1, -0.05) is 49.6 Å². The van der Waals surface area contributed by atoms with Crippen molar-refractivity contribution < 1.29 is 34.2 Å². The maximum atomic E-state index is 10.9. The molecule has 2 aliphatic heterocycles. The van der Waals surface area contributed by atoms with Crippen molar-refractivity contribution in [2.24, 2.45) is 5.41 Å². The number of ether oxygens (including phenoxy) is 1. The van der Waals surface area contributed by atoms with Crippen molar-refractivity contribution in [2.45, 2.75) is 69.1 Å². The van der Waals surface area contributed by atoms with Crippen LogP contribution in [0.15, 0.2) is 36.7 Å². The standard InChI is InChI=1S/C26H34ClN5O7P2/c27-25-29-22(31-13-26(9-5-2-6-10-26)11-17(31)16-7-3-1-4-8-16)19-23(30-25)32(14-28-19)24-21(34)20(33)18(39-24)12-38-41(37)15-40(35)36/h1,3-4,7-8,14,17-18,20-21,24,33-37H,2,5-6,9-13,15H2. The summed E-state index contributed by atoms with van der Waals surface area (Å²) in [4.78, 5) is 44.1. The highest BCUT2D eigenvalue weighted by Crippen LogP contribution is 2.53. The average Bonchev–Trinajstić information content (AvgIpc) is 3.62. The fraction of sp³-hybridized carbons (Fsp3) is 0.577. The Labute approximate surface area is 244 Å². The number of fused-ring (bicyclic) bond motifs is 1. The molecule has 1 aromatic carbocycles. The highest BCUT2D eigenvalue weighted by molar-refractivity contribution is 7.63. The molecule has 0 amide bonds. The van der Waals surface area contributed by atoms with E-state index >= 15 is 0 Å². The van der Waals surface area contributed by atoms with Crippen LogP contribution in [0.3, 0.4) is 0 Å². The Morgan fingerprint density at radius 2 is 1.80 bits per heavy atom. The average molecular weight is 626 g/mol. The van der Waals surface area contributed by atoms with Gasteiger partial charge in [-0.3, -0.25) is 4.57 Å². The molecule has 0 radical (unpaired) electrons. The van der Waals surface area contributed by atoms with Crippen molar-refractivity contribution in [3.8, 4) is 0 Å². The minimum Gasteiger partial charge on any atom is -0.387 e. The van der Waals surface area contributed by atoms with E-state index in [1.807, 2.05) is 18.2 Å². The van der Waals surface area contributed by atoms with Crippen molar-refractivity contribution in [3.63, 3.8) is 0 Å². The molecule has 0 bridgehead atoms. The van der Waals surface area contributed by atoms with Crippen LogP contribution in [0.2, 0.25) is 5.28 Å². The lowest BCUT2D eigenvalue weighted by atomic mass is 9.72. The molecule has 15 heteroatoms. The number of hydrogen-bond acceptors (Lipinski definition) is 11. The topological polar surface area (TPSA) is 166 Å². The van der Waals surface area contributed by atoms with Crippen LogP contribution in [0.1, 0.15) is 56.4 Å². The molecule has 5 N–H and O–H groups in total. The molecular formula is C26H34ClN5O7P2. The van der Waals surface area contributed by atoms with Crippen LogP contribution < -0.4 is 4.90 Å². The molecule has 1 aliphatic carbocycles. The summed E-state index contributed by atoms with van der Waals surface area (Å²) in [5.41, 5.74) is 2.28. The SMILES string of the molecule is OC1C(COP(O)CP(O)O)OC(n2cnc3c(N4CC5(CCCCC5)CC4c4ccccc4)nc(Cl)nc32)C1O. The number of halogens is 1. The Morgan fingerprint density at radius 1 is 1.05 bits per heavy atom. The van der Waals surface area contributed by atoms with Crippen molar-refractivity contribution in [1.82, 2.24) is 19.5 Å². The van der Waals surface area contributed by atoms with Gasteiger partial charge in [0.15, 0.2) is 40.0 Å². The Morgan fingerprint density at radius 3 is 2.54 bits per heavy atom. The van der Waals surface area contributed by atoms with Gasteiger partial charge in [0, 0.05) is 6.54 Å². The minimum atomic E-state index is -2.32. The molecule has 6 atom stereocenters. The first kappa shape index (κ1) is 29.5. The smallest absolute Gasteiger partial charge is 0.226 e. The molecule has 2 aromatic heterocycles. The second-order valence-corrected chi connectivity index (χ2v) is 14.3. The van der Waals surface area contributed by atoms with Crippen LogP contribution in [-0.2, 0) is 9.26 Å². The fourth-order valence-corrected chi connectivity index (χ4v) is 8.25. The number of benzene rings is 1. The summed E-state index contributed by atoms with van der Waals surface area (Å²) >= 11 is 6.50. The van der Waals surface area contributed by atoms with Gasteiger partial charge in [0.05, 0.1) is 24.9 Å². The molecule has 41 heavy (non-hydrogen) atoms. The molecule has 6 unspecified atom stereocenters. The summed E-state index contributed by atoms with van der Waals surface area (Å²) in [5, 5.41) is 21.6. The number of rotatable bonds is 8. The number of aliphatic hydroxyl groups excluding tert-OH is 2. The van der Waals surface area contributed by atoms with E-state index in [4.69, 9.17) is 30.6 Å². The van der Waals surface area contributed by atoms with E-state index in [0.29, 0.717) is 17.0 Å². The lowest BCUT2D eigenvalue weighted by Gasteiger charge is -2.33. The third-order valence-corrected chi connectivity index (χ3v) is 11.1. The van der Waals surface area contributed by atoms with Crippen LogP contribution in [-0.4, -0.2) is 81.8 Å². The van der Waals surface area contributed by atoms with E-state index in [1.165, 1.54) is 48.6 Å². The molecule has 2 saturated heterocycles. The molecule has 3 fully saturated rings. The second-order valence-electron chi connectivity index (χ2n) is 11.2. The van der Waals surface area contributed by atoms with E-state index in [9.17, 15) is 15.1 Å². The second kappa shape index (κ2) is 12.2. The quantitative estimate of drug-likeness (QED) is 0.183. The molecule has 12 nitrogen and oxygen atoms in total. The van der Waals surface area contributed by atoms with E-state index in [1.54, 1.807) is 0 Å². The Hall–Kier alpha value is -1.56. The van der Waals surface area contributed by atoms with E-state index in [2.05, 4.69) is 32.0 Å². The largest absolute Gasteiger partial charge is 0.387 e. The van der Waals surface area contributed by atoms with Gasteiger partial charge in [0.2, 0.25) is 5.28 Å². The number of nitrogens with zero attached hydrogens (tertiary/aromatic N) is 5. The van der Waals surface area contributed by atoms with Crippen LogP contribution in [0, 0.1) is 5.41 Å². The molecule has 3 aliphatic rings. The third kappa shape index (κ3) is 5.97. The summed E-state index contributed by atoms with van der Waals surface area (Å²) < 4.78 is 12.7. The third-order valence-electron chi connectivity index (χ3n) is 8.50. The number of aliphatic hydroxyl groups is 2. The van der Waals surface area contributed by atoms with Crippen LogP contribution in [0.5, 0.6) is 0 Å². The highest BCUT2D eigenvalue weighted by Gasteiger charge is 2.47. The maximum Gasteiger partial charge on any atom is 0.226 e. The Kier molecular flexibility index (Phi) is 8.79. The van der Waals surface area contributed by atoms with Gasteiger partial charge in [-0.25, -0.2) is 4.98 Å².